The van der Waals surface area contributed by atoms with Crippen LogP contribution in [0.2, 0.25) is 0 Å². The van der Waals surface area contributed by atoms with Crippen molar-refractivity contribution in [1.82, 2.24) is 0 Å². The van der Waals surface area contributed by atoms with Crippen LogP contribution in [0.1, 0.15) is 19.6 Å². The second-order valence-electron chi connectivity index (χ2n) is 2.76. The van der Waals surface area contributed by atoms with Gasteiger partial charge in [0.2, 0.25) is 0 Å². The molecule has 0 unspecified atom stereocenters. The van der Waals surface area contributed by atoms with Gasteiger partial charge in [-0.25, -0.2) is 0 Å². The Morgan fingerprint density at radius 3 is 2.71 bits per heavy atom. The van der Waals surface area contributed by atoms with Crippen LogP contribution in [0.3, 0.4) is 0 Å². The average Bonchev–Trinajstić information content (AvgIpc) is 2.56. The average molecular weight is 253 g/mol. The van der Waals surface area contributed by atoms with Crippen LogP contribution in [0.5, 0.6) is 0 Å². The van der Waals surface area contributed by atoms with E-state index < -0.39 is 5.97 Å². The Balaban J connectivity index is 2.85. The quantitative estimate of drug-likeness (QED) is 0.650. The maximum atomic E-state index is 10.8. The third-order valence-electron chi connectivity index (χ3n) is 1.95. The van der Waals surface area contributed by atoms with E-state index in [4.69, 9.17) is 5.11 Å². The molecule has 0 amide bonds. The SMILES string of the molecule is O=Cc1c(C(=O)O)[se]c2ccccc12. The normalized spacial score (nSPS) is 10.3. The van der Waals surface area contributed by atoms with Gasteiger partial charge in [0.05, 0.1) is 0 Å². The molecule has 0 radical (unpaired) electrons. The van der Waals surface area contributed by atoms with Gasteiger partial charge in [-0.2, -0.15) is 0 Å². The number of aromatic carboxylic acids is 1. The minimum atomic E-state index is -0.983. The second-order valence-corrected chi connectivity index (χ2v) is 4.97. The number of hydrogen-bond donors (Lipinski definition) is 1. The molecule has 0 saturated heterocycles. The zero-order chi connectivity index (χ0) is 10.1. The third kappa shape index (κ3) is 1.29. The zero-order valence-electron chi connectivity index (χ0n) is 7.06. The first kappa shape index (κ1) is 9.19. The molecule has 2 aromatic rings. The Bertz CT molecular complexity index is 513. The molecule has 0 atom stereocenters. The topological polar surface area (TPSA) is 54.4 Å². The second kappa shape index (κ2) is 3.40. The predicted octanol–water partition coefficient (Wildman–Crippen LogP) is 1.41. The predicted molar refractivity (Wildman–Crippen MR) is 53.2 cm³/mol. The molecule has 1 N–H and O–H groups in total. The van der Waals surface area contributed by atoms with Gasteiger partial charge in [0.1, 0.15) is 0 Å². The molecule has 1 aromatic carbocycles. The van der Waals surface area contributed by atoms with Crippen molar-refractivity contribution in [3.8, 4) is 0 Å². The van der Waals surface area contributed by atoms with Gasteiger partial charge in [-0.15, -0.1) is 0 Å². The molecule has 1 heterocycles. The molecule has 14 heavy (non-hydrogen) atoms. The van der Waals surface area contributed by atoms with Gasteiger partial charge < -0.3 is 0 Å². The van der Waals surface area contributed by atoms with Gasteiger partial charge in [-0.1, -0.05) is 0 Å². The van der Waals surface area contributed by atoms with Crippen molar-refractivity contribution in [3.05, 3.63) is 34.3 Å². The van der Waals surface area contributed by atoms with Crippen LogP contribution in [0.25, 0.3) is 9.65 Å². The molecule has 0 saturated carbocycles. The van der Waals surface area contributed by atoms with E-state index in [2.05, 4.69) is 0 Å². The van der Waals surface area contributed by atoms with E-state index in [1.165, 1.54) is 0 Å². The van der Waals surface area contributed by atoms with Gasteiger partial charge in [-0.3, -0.25) is 0 Å². The number of carbonyl (C=O) groups is 2. The van der Waals surface area contributed by atoms with E-state index in [0.717, 1.165) is 9.65 Å². The fourth-order valence-corrected chi connectivity index (χ4v) is 3.46. The number of carboxylic acid groups (broad SMARTS) is 1. The number of rotatable bonds is 2. The number of carboxylic acids is 1. The van der Waals surface area contributed by atoms with Crippen molar-refractivity contribution in [2.45, 2.75) is 0 Å². The molecule has 0 bridgehead atoms. The van der Waals surface area contributed by atoms with Gasteiger partial charge in [0.15, 0.2) is 0 Å². The molecule has 0 spiro atoms. The molecule has 0 fully saturated rings. The first-order chi connectivity index (χ1) is 6.74. The summed E-state index contributed by atoms with van der Waals surface area (Å²) >= 11 is -0.237. The van der Waals surface area contributed by atoms with E-state index >= 15 is 0 Å². The summed E-state index contributed by atoms with van der Waals surface area (Å²) < 4.78 is 1.23. The first-order valence-corrected chi connectivity index (χ1v) is 5.65. The van der Waals surface area contributed by atoms with Crippen molar-refractivity contribution in [2.24, 2.45) is 0 Å². The van der Waals surface area contributed by atoms with Crippen LogP contribution in [0.4, 0.5) is 0 Å². The summed E-state index contributed by atoms with van der Waals surface area (Å²) in [5.74, 6) is -0.983. The molecule has 1 aromatic heterocycles. The summed E-state index contributed by atoms with van der Waals surface area (Å²) in [7, 11) is 0. The van der Waals surface area contributed by atoms with Crippen molar-refractivity contribution in [1.29, 1.82) is 0 Å². The Kier molecular flexibility index (Phi) is 2.23. The number of hydrogen-bond acceptors (Lipinski definition) is 2. The Hall–Kier alpha value is -1.38. The fraction of sp³-hybridized carbons (Fsp3) is 0. The van der Waals surface area contributed by atoms with Crippen LogP contribution in [-0.2, 0) is 0 Å². The van der Waals surface area contributed by atoms with Gasteiger partial charge in [0.25, 0.3) is 0 Å². The van der Waals surface area contributed by atoms with E-state index in [-0.39, 0.29) is 18.9 Å². The van der Waals surface area contributed by atoms with Crippen molar-refractivity contribution in [2.75, 3.05) is 0 Å². The molecule has 0 aliphatic carbocycles. The summed E-state index contributed by atoms with van der Waals surface area (Å²) in [6.45, 7) is 0. The number of benzene rings is 1. The minimum absolute atomic E-state index is 0.237. The summed E-state index contributed by atoms with van der Waals surface area (Å²) in [5.41, 5.74) is 0.341. The Morgan fingerprint density at radius 1 is 1.36 bits per heavy atom. The molecule has 2 rings (SSSR count). The maximum absolute atomic E-state index is 10.8. The van der Waals surface area contributed by atoms with Gasteiger partial charge in [0, 0.05) is 0 Å². The fourth-order valence-electron chi connectivity index (χ4n) is 1.34. The van der Waals surface area contributed by atoms with Crippen LogP contribution in [0, 0.1) is 0 Å². The molecule has 3 nitrogen and oxygen atoms in total. The third-order valence-corrected chi connectivity index (χ3v) is 4.41. The van der Waals surface area contributed by atoms with E-state index in [9.17, 15) is 9.59 Å². The zero-order valence-corrected chi connectivity index (χ0v) is 8.77. The molecule has 4 heteroatoms. The Morgan fingerprint density at radius 2 is 2.07 bits per heavy atom. The van der Waals surface area contributed by atoms with Crippen LogP contribution in [0.15, 0.2) is 24.3 Å². The van der Waals surface area contributed by atoms with Crippen LogP contribution >= 0.6 is 0 Å². The molecule has 0 aliphatic rings. The number of fused-ring (bicyclic) bond motifs is 1. The number of aldehydes is 1. The van der Waals surface area contributed by atoms with E-state index in [1.54, 1.807) is 6.07 Å². The summed E-state index contributed by atoms with van der Waals surface area (Å²) in [5, 5.41) is 9.66. The van der Waals surface area contributed by atoms with Crippen molar-refractivity contribution < 1.29 is 14.7 Å². The summed E-state index contributed by atoms with van der Waals surface area (Å²) in [4.78, 5) is 21.6. The van der Waals surface area contributed by atoms with Gasteiger partial charge in [-0.05, 0) is 0 Å². The summed E-state index contributed by atoms with van der Waals surface area (Å²) in [6.07, 6.45) is 0.636. The van der Waals surface area contributed by atoms with Crippen molar-refractivity contribution in [3.63, 3.8) is 0 Å². The molecular weight excluding hydrogens is 247 g/mol. The van der Waals surface area contributed by atoms with Crippen LogP contribution < -0.4 is 0 Å². The van der Waals surface area contributed by atoms with Gasteiger partial charge >= 0.3 is 85.4 Å². The summed E-state index contributed by atoms with van der Waals surface area (Å²) in [6, 6.07) is 7.32. The molecular formula is C10H6O3Se. The first-order valence-electron chi connectivity index (χ1n) is 3.94. The number of carbonyl (C=O) groups excluding carboxylic acids is 1. The Labute approximate surface area is 85.7 Å². The van der Waals surface area contributed by atoms with Crippen LogP contribution in [-0.4, -0.2) is 31.9 Å². The van der Waals surface area contributed by atoms with E-state index in [1.807, 2.05) is 18.2 Å². The standard InChI is InChI=1S/C10H6O3Se/c11-5-7-6-3-1-2-4-8(6)14-9(7)10(12)13/h1-5H,(H,12,13). The monoisotopic (exact) mass is 254 g/mol. The molecule has 70 valence electrons. The van der Waals surface area contributed by atoms with E-state index in [0.29, 0.717) is 11.8 Å². The molecule has 0 aliphatic heterocycles. The van der Waals surface area contributed by atoms with Crippen molar-refractivity contribution >= 4 is 36.4 Å².